The average Bonchev–Trinajstić information content (AvgIpc) is 2.21. The number of thiocarbonyl (C=S) groups is 1. The van der Waals surface area contributed by atoms with Gasteiger partial charge in [-0.05, 0) is 24.4 Å². The zero-order valence-electron chi connectivity index (χ0n) is 7.44. The zero-order chi connectivity index (χ0) is 10.4. The van der Waals surface area contributed by atoms with Crippen molar-refractivity contribution in [2.24, 2.45) is 5.73 Å². The smallest absolute Gasteiger partial charge is 0.197 e. The van der Waals surface area contributed by atoms with E-state index in [-0.39, 0.29) is 17.2 Å². The molecule has 1 rings (SSSR count). The second-order valence-corrected chi connectivity index (χ2v) is 2.91. The molecule has 0 radical (unpaired) electrons. The lowest BCUT2D eigenvalue weighted by molar-refractivity contribution is 0.560. The van der Waals surface area contributed by atoms with Crippen LogP contribution in [0.3, 0.4) is 0 Å². The van der Waals surface area contributed by atoms with Gasteiger partial charge in [0.15, 0.2) is 5.05 Å². The van der Waals surface area contributed by atoms with Crippen molar-refractivity contribution in [2.75, 3.05) is 6.54 Å². The van der Waals surface area contributed by atoms with E-state index < -0.39 is 0 Å². The fraction of sp³-hybridized carbons (Fsp3) is 0.100. The van der Waals surface area contributed by atoms with Crippen LogP contribution in [0.5, 0.6) is 5.75 Å². The summed E-state index contributed by atoms with van der Waals surface area (Å²) in [7, 11) is 0. The van der Waals surface area contributed by atoms with Gasteiger partial charge in [-0.1, -0.05) is 18.2 Å². The van der Waals surface area contributed by atoms with Crippen LogP contribution in [0.2, 0.25) is 0 Å². The van der Waals surface area contributed by atoms with Crippen LogP contribution >= 0.6 is 12.2 Å². The Morgan fingerprint density at radius 3 is 2.57 bits per heavy atom. The van der Waals surface area contributed by atoms with E-state index in [1.807, 2.05) is 6.07 Å². The molecule has 0 aliphatic carbocycles. The standard InChI is InChI=1S/C10H10FNOS/c11-6-8(7-12)10(14)13-9-4-2-1-3-5-9/h1-6H,7,12H2/b8-6+. The third-order valence-electron chi connectivity index (χ3n) is 1.57. The van der Waals surface area contributed by atoms with Crippen LogP contribution in [0.25, 0.3) is 0 Å². The molecule has 0 atom stereocenters. The second-order valence-electron chi connectivity index (χ2n) is 2.54. The van der Waals surface area contributed by atoms with Gasteiger partial charge >= 0.3 is 0 Å². The van der Waals surface area contributed by atoms with Gasteiger partial charge in [0.1, 0.15) is 5.75 Å². The highest BCUT2D eigenvalue weighted by molar-refractivity contribution is 7.80. The minimum Gasteiger partial charge on any atom is -0.445 e. The Morgan fingerprint density at radius 2 is 2.07 bits per heavy atom. The van der Waals surface area contributed by atoms with Gasteiger partial charge in [0.25, 0.3) is 0 Å². The van der Waals surface area contributed by atoms with Gasteiger partial charge in [0.05, 0.1) is 6.33 Å². The Hall–Kier alpha value is -1.26. The lowest BCUT2D eigenvalue weighted by Crippen LogP contribution is -2.16. The maximum absolute atomic E-state index is 12.2. The van der Waals surface area contributed by atoms with E-state index in [9.17, 15) is 4.39 Å². The second kappa shape index (κ2) is 5.47. The summed E-state index contributed by atoms with van der Waals surface area (Å²) < 4.78 is 17.4. The van der Waals surface area contributed by atoms with Gasteiger partial charge < -0.3 is 10.5 Å². The van der Waals surface area contributed by atoms with Gasteiger partial charge in [0.2, 0.25) is 0 Å². The van der Waals surface area contributed by atoms with E-state index in [1.165, 1.54) is 0 Å². The highest BCUT2D eigenvalue weighted by Gasteiger charge is 2.05. The minimum absolute atomic E-state index is 0.0299. The number of hydrogen-bond acceptors (Lipinski definition) is 3. The van der Waals surface area contributed by atoms with Crippen molar-refractivity contribution in [3.63, 3.8) is 0 Å². The Kier molecular flexibility index (Phi) is 4.22. The fourth-order valence-corrected chi connectivity index (χ4v) is 1.06. The molecule has 0 amide bonds. The summed E-state index contributed by atoms with van der Waals surface area (Å²) in [4.78, 5) is 0. The van der Waals surface area contributed by atoms with Crippen molar-refractivity contribution < 1.29 is 9.13 Å². The van der Waals surface area contributed by atoms with Crippen molar-refractivity contribution in [3.8, 4) is 5.75 Å². The molecule has 0 heterocycles. The van der Waals surface area contributed by atoms with Gasteiger partial charge in [-0.2, -0.15) is 0 Å². The average molecular weight is 211 g/mol. The van der Waals surface area contributed by atoms with Gasteiger partial charge in [-0.3, -0.25) is 0 Å². The first-order valence-corrected chi connectivity index (χ1v) is 4.45. The number of benzene rings is 1. The largest absolute Gasteiger partial charge is 0.445 e. The van der Waals surface area contributed by atoms with Crippen molar-refractivity contribution in [1.82, 2.24) is 0 Å². The van der Waals surface area contributed by atoms with Crippen molar-refractivity contribution in [3.05, 3.63) is 42.2 Å². The van der Waals surface area contributed by atoms with Crippen LogP contribution in [0, 0.1) is 0 Å². The monoisotopic (exact) mass is 211 g/mol. The van der Waals surface area contributed by atoms with E-state index in [4.69, 9.17) is 22.7 Å². The zero-order valence-corrected chi connectivity index (χ0v) is 8.26. The number of halogens is 1. The predicted molar refractivity (Wildman–Crippen MR) is 57.9 cm³/mol. The molecule has 1 aromatic carbocycles. The molecular formula is C10H10FNOS. The molecule has 0 saturated heterocycles. The number of rotatable bonds is 3. The molecule has 0 spiro atoms. The molecule has 0 unspecified atom stereocenters. The summed E-state index contributed by atoms with van der Waals surface area (Å²) in [5, 5.41) is 0.0706. The Bertz CT molecular complexity index is 337. The van der Waals surface area contributed by atoms with Crippen LogP contribution in [0.1, 0.15) is 0 Å². The highest BCUT2D eigenvalue weighted by Crippen LogP contribution is 2.11. The minimum atomic E-state index is 0.0299. The molecule has 1 aromatic rings. The third-order valence-corrected chi connectivity index (χ3v) is 1.91. The first-order chi connectivity index (χ1) is 6.77. The molecule has 0 aliphatic heterocycles. The van der Waals surface area contributed by atoms with Crippen LogP contribution in [0.4, 0.5) is 4.39 Å². The first kappa shape index (κ1) is 10.8. The maximum atomic E-state index is 12.2. The van der Waals surface area contributed by atoms with Crippen LogP contribution < -0.4 is 10.5 Å². The summed E-state index contributed by atoms with van der Waals surface area (Å²) in [6.07, 6.45) is 0.366. The Balaban J connectivity index is 2.66. The molecule has 2 nitrogen and oxygen atoms in total. The summed E-state index contributed by atoms with van der Waals surface area (Å²) in [6.45, 7) is 0.0299. The molecule has 0 aliphatic rings. The van der Waals surface area contributed by atoms with Crippen LogP contribution in [-0.4, -0.2) is 11.6 Å². The molecule has 0 bridgehead atoms. The first-order valence-electron chi connectivity index (χ1n) is 4.04. The molecule has 0 saturated carbocycles. The maximum Gasteiger partial charge on any atom is 0.197 e. The summed E-state index contributed by atoms with van der Waals surface area (Å²) >= 11 is 4.85. The molecule has 14 heavy (non-hydrogen) atoms. The third kappa shape index (κ3) is 2.90. The van der Waals surface area contributed by atoms with Crippen LogP contribution in [0.15, 0.2) is 42.2 Å². The fourth-order valence-electron chi connectivity index (χ4n) is 0.834. The number of para-hydroxylation sites is 1. The lowest BCUT2D eigenvalue weighted by atomic mass is 10.3. The van der Waals surface area contributed by atoms with Gasteiger partial charge in [-0.25, -0.2) is 4.39 Å². The number of hydrogen-bond donors (Lipinski definition) is 1. The van der Waals surface area contributed by atoms with Crippen molar-refractivity contribution in [2.45, 2.75) is 0 Å². The molecule has 0 fully saturated rings. The summed E-state index contributed by atoms with van der Waals surface area (Å²) in [5.74, 6) is 0.574. The molecule has 74 valence electrons. The SMILES string of the molecule is NC/C(=C\F)C(=S)Oc1ccccc1. The molecule has 2 N–H and O–H groups in total. The van der Waals surface area contributed by atoms with Gasteiger partial charge in [-0.15, -0.1) is 0 Å². The van der Waals surface area contributed by atoms with E-state index in [0.29, 0.717) is 12.1 Å². The van der Waals surface area contributed by atoms with E-state index >= 15 is 0 Å². The molecular weight excluding hydrogens is 201 g/mol. The quantitative estimate of drug-likeness (QED) is 0.615. The number of nitrogens with two attached hydrogens (primary N) is 1. The van der Waals surface area contributed by atoms with Crippen molar-refractivity contribution in [1.29, 1.82) is 0 Å². The highest BCUT2D eigenvalue weighted by atomic mass is 32.1. The van der Waals surface area contributed by atoms with Gasteiger partial charge in [0, 0.05) is 12.1 Å². The topological polar surface area (TPSA) is 35.2 Å². The number of ether oxygens (including phenoxy) is 1. The van der Waals surface area contributed by atoms with E-state index in [1.54, 1.807) is 24.3 Å². The van der Waals surface area contributed by atoms with Crippen molar-refractivity contribution >= 4 is 17.3 Å². The lowest BCUT2D eigenvalue weighted by Gasteiger charge is -2.07. The Morgan fingerprint density at radius 1 is 1.43 bits per heavy atom. The van der Waals surface area contributed by atoms with E-state index in [0.717, 1.165) is 0 Å². The molecule has 4 heteroatoms. The Labute approximate surface area is 87.2 Å². The normalized spacial score (nSPS) is 11.1. The van der Waals surface area contributed by atoms with E-state index in [2.05, 4.69) is 0 Å². The predicted octanol–water partition coefficient (Wildman–Crippen LogP) is 2.20. The van der Waals surface area contributed by atoms with Crippen LogP contribution in [-0.2, 0) is 0 Å². The molecule has 0 aromatic heterocycles. The summed E-state index contributed by atoms with van der Waals surface area (Å²) in [6, 6.07) is 8.93. The summed E-state index contributed by atoms with van der Waals surface area (Å²) in [5.41, 5.74) is 5.45.